The lowest BCUT2D eigenvalue weighted by molar-refractivity contribution is -0.138. The fourth-order valence-corrected chi connectivity index (χ4v) is 4.63. The molecule has 0 radical (unpaired) electrons. The average Bonchev–Trinajstić information content (AvgIpc) is 2.72. The Hall–Kier alpha value is -1.92. The Kier molecular flexibility index (Phi) is 4.13. The highest BCUT2D eigenvalue weighted by molar-refractivity contribution is 8.10. The normalized spacial score (nSPS) is 13.7. The molecule has 0 aromatic heterocycles. The van der Waals surface area contributed by atoms with E-state index in [1.165, 1.54) is 37.7 Å². The summed E-state index contributed by atoms with van der Waals surface area (Å²) < 4.78 is 9.58. The fourth-order valence-electron chi connectivity index (χ4n) is 2.17. The molecular weight excluding hydrogens is 320 g/mol. The molecule has 1 heterocycles. The van der Waals surface area contributed by atoms with Crippen LogP contribution in [0.2, 0.25) is 0 Å². The third-order valence-corrected chi connectivity index (χ3v) is 5.78. The van der Waals surface area contributed by atoms with Gasteiger partial charge in [-0.1, -0.05) is 53.9 Å². The van der Waals surface area contributed by atoms with Crippen molar-refractivity contribution in [2.75, 3.05) is 14.2 Å². The van der Waals surface area contributed by atoms with Gasteiger partial charge in [-0.05, 0) is 17.2 Å². The van der Waals surface area contributed by atoms with Crippen molar-refractivity contribution >= 4 is 35.5 Å². The summed E-state index contributed by atoms with van der Waals surface area (Å²) in [6, 6.07) is 11.9. The summed E-state index contributed by atoms with van der Waals surface area (Å²) >= 11 is 2.50. The molecule has 0 aromatic rings. The van der Waals surface area contributed by atoms with Gasteiger partial charge in [-0.2, -0.15) is 0 Å². The van der Waals surface area contributed by atoms with E-state index < -0.39 is 11.9 Å². The van der Waals surface area contributed by atoms with E-state index in [0.717, 1.165) is 20.9 Å². The Bertz CT molecular complexity index is 767. The minimum absolute atomic E-state index is 0.269. The maximum Gasteiger partial charge on any atom is 0.346 e. The molecule has 0 fully saturated rings. The van der Waals surface area contributed by atoms with Gasteiger partial charge in [0.15, 0.2) is 0 Å². The number of carbonyl (C=O) groups is 2. The monoisotopic (exact) mass is 332 g/mol. The van der Waals surface area contributed by atoms with Gasteiger partial charge in [-0.3, -0.25) is 0 Å². The third kappa shape index (κ3) is 2.48. The second-order valence-corrected chi connectivity index (χ2v) is 6.54. The quantitative estimate of drug-likeness (QED) is 0.784. The van der Waals surface area contributed by atoms with Gasteiger partial charge in [0, 0.05) is 9.79 Å². The van der Waals surface area contributed by atoms with Gasteiger partial charge in [0.1, 0.15) is 9.81 Å². The molecule has 0 N–H and O–H groups in total. The Balaban J connectivity index is 2.13. The first-order valence-electron chi connectivity index (χ1n) is 6.44. The molecule has 6 heteroatoms. The van der Waals surface area contributed by atoms with Crippen LogP contribution in [-0.2, 0) is 19.1 Å². The highest BCUT2D eigenvalue weighted by Gasteiger charge is 2.33. The lowest BCUT2D eigenvalue weighted by atomic mass is 10.2. The largest absolute Gasteiger partial charge is 0.465 e. The van der Waals surface area contributed by atoms with Crippen molar-refractivity contribution in [1.82, 2.24) is 0 Å². The first-order valence-corrected chi connectivity index (χ1v) is 8.07. The van der Waals surface area contributed by atoms with Crippen LogP contribution in [0.15, 0.2) is 56.0 Å². The highest BCUT2D eigenvalue weighted by Crippen LogP contribution is 2.53. The number of hydrogen-bond acceptors (Lipinski definition) is 6. The Labute approximate surface area is 136 Å². The molecular formula is C16H12O4S2. The highest BCUT2D eigenvalue weighted by atomic mass is 32.2. The molecule has 0 saturated heterocycles. The zero-order valence-electron chi connectivity index (χ0n) is 11.9. The van der Waals surface area contributed by atoms with Gasteiger partial charge in [0.05, 0.1) is 14.2 Å². The summed E-state index contributed by atoms with van der Waals surface area (Å²) in [6.45, 7) is 0. The second-order valence-electron chi connectivity index (χ2n) is 4.46. The maximum atomic E-state index is 12.0. The first kappa shape index (κ1) is 15.0. The Morgan fingerprint density at radius 1 is 0.909 bits per heavy atom. The Morgan fingerprint density at radius 3 is 2.23 bits per heavy atom. The number of rotatable bonds is 2. The van der Waals surface area contributed by atoms with Crippen molar-refractivity contribution in [3.63, 3.8) is 0 Å². The molecule has 0 aromatic carbocycles. The van der Waals surface area contributed by atoms with Crippen LogP contribution in [0.1, 0.15) is 0 Å². The number of carbonyl (C=O) groups excluding carboxylic acids is 2. The maximum absolute atomic E-state index is 12.0. The van der Waals surface area contributed by atoms with E-state index in [0.29, 0.717) is 0 Å². The van der Waals surface area contributed by atoms with Crippen molar-refractivity contribution in [3.05, 3.63) is 46.2 Å². The van der Waals surface area contributed by atoms with Crippen molar-refractivity contribution < 1.29 is 19.1 Å². The van der Waals surface area contributed by atoms with Gasteiger partial charge in [0.25, 0.3) is 0 Å². The molecule has 4 nitrogen and oxygen atoms in total. The van der Waals surface area contributed by atoms with Crippen LogP contribution in [-0.4, -0.2) is 26.2 Å². The lowest BCUT2D eigenvalue weighted by Gasteiger charge is -2.17. The van der Waals surface area contributed by atoms with Gasteiger partial charge in [0.2, 0.25) is 0 Å². The average molecular weight is 332 g/mol. The van der Waals surface area contributed by atoms with Crippen LogP contribution in [0.4, 0.5) is 0 Å². The zero-order valence-corrected chi connectivity index (χ0v) is 13.5. The van der Waals surface area contributed by atoms with E-state index >= 15 is 0 Å². The van der Waals surface area contributed by atoms with Crippen LogP contribution < -0.4 is 0 Å². The van der Waals surface area contributed by atoms with Crippen LogP contribution >= 0.6 is 23.5 Å². The Morgan fingerprint density at radius 2 is 1.55 bits per heavy atom. The number of fused-ring (bicyclic) bond motifs is 3. The predicted molar refractivity (Wildman–Crippen MR) is 85.8 cm³/mol. The standard InChI is InChI=1S/C16H12O4S2/c1-19-15(17)13-14(16(18)20-2)22-12-10-7-5-3-4-6-9(10)8-11(12)21-13/h3-8H,1-2H3. The molecule has 0 unspecified atom stereocenters. The molecule has 0 atom stereocenters. The minimum atomic E-state index is -0.529. The molecule has 2 aliphatic carbocycles. The molecule has 22 heavy (non-hydrogen) atoms. The van der Waals surface area contributed by atoms with Crippen molar-refractivity contribution in [2.24, 2.45) is 0 Å². The smallest absolute Gasteiger partial charge is 0.346 e. The van der Waals surface area contributed by atoms with Gasteiger partial charge < -0.3 is 9.47 Å². The topological polar surface area (TPSA) is 52.6 Å². The van der Waals surface area contributed by atoms with Crippen LogP contribution in [0.25, 0.3) is 11.1 Å². The molecule has 0 amide bonds. The molecule has 0 spiro atoms. The second kappa shape index (κ2) is 6.06. The molecule has 1 aliphatic heterocycles. The summed E-state index contributed by atoms with van der Waals surface area (Å²) in [5.41, 5.74) is 2.10. The molecule has 3 aliphatic rings. The molecule has 0 bridgehead atoms. The van der Waals surface area contributed by atoms with Crippen molar-refractivity contribution in [2.45, 2.75) is 9.79 Å². The summed E-state index contributed by atoms with van der Waals surface area (Å²) in [6.07, 6.45) is 0. The molecule has 112 valence electrons. The van der Waals surface area contributed by atoms with Crippen LogP contribution in [0.3, 0.4) is 0 Å². The van der Waals surface area contributed by atoms with Crippen LogP contribution in [0.5, 0.6) is 0 Å². The summed E-state index contributed by atoms with van der Waals surface area (Å²) in [7, 11) is 2.60. The predicted octanol–water partition coefficient (Wildman–Crippen LogP) is 3.55. The SMILES string of the molecule is COC(=O)C1=C(C(=O)OC)Sc2c(cc3cccccc2-3)S1. The first-order chi connectivity index (χ1) is 10.7. The summed E-state index contributed by atoms with van der Waals surface area (Å²) in [5.74, 6) is -1.06. The minimum Gasteiger partial charge on any atom is -0.465 e. The van der Waals surface area contributed by atoms with Gasteiger partial charge in [-0.15, -0.1) is 0 Å². The van der Waals surface area contributed by atoms with E-state index in [1.54, 1.807) is 0 Å². The van der Waals surface area contributed by atoms with Crippen LogP contribution in [0, 0.1) is 0 Å². The van der Waals surface area contributed by atoms with Crippen molar-refractivity contribution in [3.8, 4) is 11.1 Å². The van der Waals surface area contributed by atoms with Gasteiger partial charge >= 0.3 is 11.9 Å². The van der Waals surface area contributed by atoms with Gasteiger partial charge in [-0.25, -0.2) is 9.59 Å². The number of thioether (sulfide) groups is 2. The molecule has 3 rings (SSSR count). The molecule has 0 saturated carbocycles. The lowest BCUT2D eigenvalue weighted by Crippen LogP contribution is -2.13. The zero-order chi connectivity index (χ0) is 15.7. The summed E-state index contributed by atoms with van der Waals surface area (Å²) in [4.78, 5) is 26.4. The fraction of sp³-hybridized carbons (Fsp3) is 0.125. The third-order valence-electron chi connectivity index (χ3n) is 3.19. The van der Waals surface area contributed by atoms with Crippen molar-refractivity contribution in [1.29, 1.82) is 0 Å². The number of methoxy groups -OCH3 is 2. The van der Waals surface area contributed by atoms with E-state index in [9.17, 15) is 9.59 Å². The van der Waals surface area contributed by atoms with E-state index in [4.69, 9.17) is 9.47 Å². The number of esters is 2. The number of hydrogen-bond donors (Lipinski definition) is 0. The van der Waals surface area contributed by atoms with E-state index in [2.05, 4.69) is 0 Å². The van der Waals surface area contributed by atoms with E-state index in [-0.39, 0.29) is 9.81 Å². The summed E-state index contributed by atoms with van der Waals surface area (Å²) in [5, 5.41) is 0. The number of ether oxygens (including phenoxy) is 2. The van der Waals surface area contributed by atoms with E-state index in [1.807, 2.05) is 36.4 Å².